The zero-order valence-electron chi connectivity index (χ0n) is 7.88. The van der Waals surface area contributed by atoms with E-state index < -0.39 is 20.2 Å². The van der Waals surface area contributed by atoms with Crippen molar-refractivity contribution >= 4 is 26.1 Å². The molecule has 0 unspecified atom stereocenters. The number of rotatable bonds is 1. The molecule has 5 nitrogen and oxygen atoms in total. The van der Waals surface area contributed by atoms with Crippen molar-refractivity contribution in [2.75, 3.05) is 0 Å². The summed E-state index contributed by atoms with van der Waals surface area (Å²) in [5, 5.41) is 2.13. The van der Waals surface area contributed by atoms with Gasteiger partial charge in [0.05, 0.1) is 0 Å². The Morgan fingerprint density at radius 1 is 1.23 bits per heavy atom. The first-order chi connectivity index (χ1) is 5.82. The molecule has 0 aromatic rings. The number of amides is 4. The van der Waals surface area contributed by atoms with E-state index in [1.165, 1.54) is 4.57 Å². The lowest BCUT2D eigenvalue weighted by molar-refractivity contribution is -0.133. The third-order valence-electron chi connectivity index (χ3n) is 1.68. The van der Waals surface area contributed by atoms with Crippen LogP contribution in [0, 0.1) is 0 Å². The van der Waals surface area contributed by atoms with Crippen molar-refractivity contribution in [3.05, 3.63) is 0 Å². The molecule has 72 valence electrons. The van der Waals surface area contributed by atoms with Crippen LogP contribution in [-0.2, 0) is 9.59 Å². The van der Waals surface area contributed by atoms with Gasteiger partial charge in [0.1, 0.15) is 6.42 Å². The number of nitrogens with one attached hydrogen (secondary N) is 1. The van der Waals surface area contributed by atoms with Crippen molar-refractivity contribution in [2.45, 2.75) is 26.1 Å². The molecule has 1 N–H and O–H groups in total. The minimum atomic E-state index is -1.99. The van der Waals surface area contributed by atoms with Crippen molar-refractivity contribution < 1.29 is 14.4 Å². The zero-order valence-corrected chi connectivity index (χ0v) is 8.88. The summed E-state index contributed by atoms with van der Waals surface area (Å²) in [5.74, 6) is -0.891. The van der Waals surface area contributed by atoms with E-state index in [4.69, 9.17) is 0 Å². The second-order valence-corrected chi connectivity index (χ2v) is 8.72. The Kier molecular flexibility index (Phi) is 2.25. The summed E-state index contributed by atoms with van der Waals surface area (Å²) in [6.07, 6.45) is -0.212. The van der Waals surface area contributed by atoms with Gasteiger partial charge in [-0.1, -0.05) is 19.6 Å². The third-order valence-corrected chi connectivity index (χ3v) is 3.48. The molecular formula is C7H12N2O3Si. The SMILES string of the molecule is C[Si](C)(C)N1C(=O)CC(=O)NC1=O. The maximum atomic E-state index is 11.3. The number of nitrogens with zero attached hydrogens (tertiary/aromatic N) is 1. The van der Waals surface area contributed by atoms with Crippen molar-refractivity contribution in [3.8, 4) is 0 Å². The number of urea groups is 1. The predicted octanol–water partition coefficient (Wildman–Crippen LogP) is 0.290. The Bertz CT molecular complexity index is 262. The van der Waals surface area contributed by atoms with Gasteiger partial charge in [0.25, 0.3) is 0 Å². The van der Waals surface area contributed by atoms with Gasteiger partial charge in [-0.3, -0.25) is 19.5 Å². The third kappa shape index (κ3) is 1.94. The minimum Gasteiger partial charge on any atom is -0.294 e. The van der Waals surface area contributed by atoms with Crippen LogP contribution < -0.4 is 5.32 Å². The monoisotopic (exact) mass is 200 g/mol. The molecule has 0 saturated carbocycles. The highest BCUT2D eigenvalue weighted by Crippen LogP contribution is 2.14. The van der Waals surface area contributed by atoms with Crippen LogP contribution in [0.5, 0.6) is 0 Å². The smallest absolute Gasteiger partial charge is 0.294 e. The van der Waals surface area contributed by atoms with Crippen LogP contribution in [0.4, 0.5) is 4.79 Å². The van der Waals surface area contributed by atoms with Gasteiger partial charge in [0.2, 0.25) is 11.8 Å². The summed E-state index contributed by atoms with van der Waals surface area (Å²) in [6, 6.07) is -0.569. The average molecular weight is 200 g/mol. The van der Waals surface area contributed by atoms with E-state index in [-0.39, 0.29) is 12.3 Å². The van der Waals surface area contributed by atoms with Crippen LogP contribution in [0.2, 0.25) is 19.6 Å². The van der Waals surface area contributed by atoms with Gasteiger partial charge in [-0.2, -0.15) is 0 Å². The van der Waals surface area contributed by atoms with Crippen molar-refractivity contribution in [1.82, 2.24) is 9.88 Å². The van der Waals surface area contributed by atoms with Crippen LogP contribution in [0.25, 0.3) is 0 Å². The van der Waals surface area contributed by atoms with E-state index in [2.05, 4.69) is 5.32 Å². The van der Waals surface area contributed by atoms with Crippen molar-refractivity contribution in [1.29, 1.82) is 0 Å². The average Bonchev–Trinajstić information content (AvgIpc) is 1.78. The fourth-order valence-electron chi connectivity index (χ4n) is 1.23. The second-order valence-electron chi connectivity index (χ2n) is 3.93. The van der Waals surface area contributed by atoms with Crippen LogP contribution in [0.3, 0.4) is 0 Å². The van der Waals surface area contributed by atoms with Crippen LogP contribution in [0.1, 0.15) is 6.42 Å². The fraction of sp³-hybridized carbons (Fsp3) is 0.571. The molecule has 1 aliphatic rings. The molecule has 1 aliphatic heterocycles. The molecule has 0 bridgehead atoms. The summed E-state index contributed by atoms with van der Waals surface area (Å²) in [7, 11) is -1.99. The van der Waals surface area contributed by atoms with E-state index in [1.807, 2.05) is 19.6 Å². The molecule has 4 amide bonds. The highest BCUT2D eigenvalue weighted by atomic mass is 28.3. The summed E-state index contributed by atoms with van der Waals surface area (Å²) < 4.78 is 1.20. The quantitative estimate of drug-likeness (QED) is 0.488. The first-order valence-corrected chi connectivity index (χ1v) is 7.44. The van der Waals surface area contributed by atoms with E-state index in [0.29, 0.717) is 0 Å². The lowest BCUT2D eigenvalue weighted by Gasteiger charge is -2.34. The van der Waals surface area contributed by atoms with E-state index in [9.17, 15) is 14.4 Å². The predicted molar refractivity (Wildman–Crippen MR) is 48.3 cm³/mol. The number of hydrogen-bond donors (Lipinski definition) is 1. The van der Waals surface area contributed by atoms with E-state index >= 15 is 0 Å². The number of hydrogen-bond acceptors (Lipinski definition) is 3. The van der Waals surface area contributed by atoms with Crippen LogP contribution in [0.15, 0.2) is 0 Å². The summed E-state index contributed by atoms with van der Waals surface area (Å²) in [5.41, 5.74) is 0. The van der Waals surface area contributed by atoms with Crippen LogP contribution >= 0.6 is 0 Å². The molecule has 1 rings (SSSR count). The first-order valence-electron chi connectivity index (χ1n) is 3.99. The summed E-state index contributed by atoms with van der Waals surface area (Å²) in [4.78, 5) is 33.4. The number of carbonyl (C=O) groups excluding carboxylic acids is 3. The van der Waals surface area contributed by atoms with Crippen molar-refractivity contribution in [2.24, 2.45) is 0 Å². The number of imide groups is 2. The van der Waals surface area contributed by atoms with Crippen LogP contribution in [-0.4, -0.2) is 30.6 Å². The van der Waals surface area contributed by atoms with Gasteiger partial charge in [-0.25, -0.2) is 4.79 Å². The standard InChI is InChI=1S/C7H12N2O3Si/c1-13(2,3)9-6(11)4-5(10)8-7(9)12/h4H2,1-3H3,(H,8,10,12). The maximum absolute atomic E-state index is 11.3. The molecule has 1 heterocycles. The molecule has 1 saturated heterocycles. The Balaban J connectivity index is 2.92. The van der Waals surface area contributed by atoms with E-state index in [0.717, 1.165) is 0 Å². The first kappa shape index (κ1) is 9.91. The normalized spacial score (nSPS) is 19.0. The van der Waals surface area contributed by atoms with Gasteiger partial charge in [0.15, 0.2) is 8.24 Å². The molecule has 0 aromatic carbocycles. The topological polar surface area (TPSA) is 66.5 Å². The Labute approximate surface area is 77.2 Å². The van der Waals surface area contributed by atoms with Gasteiger partial charge in [0, 0.05) is 0 Å². The van der Waals surface area contributed by atoms with Gasteiger partial charge < -0.3 is 0 Å². The molecule has 0 aromatic heterocycles. The highest BCUT2D eigenvalue weighted by Gasteiger charge is 2.39. The molecule has 0 atom stereocenters. The lowest BCUT2D eigenvalue weighted by atomic mass is 10.3. The Hall–Kier alpha value is -1.17. The molecule has 0 spiro atoms. The fourth-order valence-corrected chi connectivity index (χ4v) is 2.72. The molecule has 13 heavy (non-hydrogen) atoms. The molecular weight excluding hydrogens is 188 g/mol. The zero-order chi connectivity index (χ0) is 10.2. The summed E-state index contributed by atoms with van der Waals surface area (Å²) in [6.45, 7) is 5.63. The maximum Gasteiger partial charge on any atom is 0.322 e. The van der Waals surface area contributed by atoms with Gasteiger partial charge >= 0.3 is 6.03 Å². The van der Waals surface area contributed by atoms with Gasteiger partial charge in [-0.05, 0) is 0 Å². The number of barbiturate groups is 1. The second kappa shape index (κ2) is 2.95. The highest BCUT2D eigenvalue weighted by molar-refractivity contribution is 6.78. The van der Waals surface area contributed by atoms with E-state index in [1.54, 1.807) is 0 Å². The minimum absolute atomic E-state index is 0.212. The largest absolute Gasteiger partial charge is 0.322 e. The lowest BCUT2D eigenvalue weighted by Crippen LogP contribution is -2.61. The van der Waals surface area contributed by atoms with Crippen molar-refractivity contribution in [3.63, 3.8) is 0 Å². The molecule has 0 radical (unpaired) electrons. The molecule has 6 heteroatoms. The Morgan fingerprint density at radius 3 is 2.15 bits per heavy atom. The summed E-state index contributed by atoms with van der Waals surface area (Å²) >= 11 is 0. The number of carbonyl (C=O) groups is 3. The molecule has 1 fully saturated rings. The van der Waals surface area contributed by atoms with Gasteiger partial charge in [-0.15, -0.1) is 0 Å². The Morgan fingerprint density at radius 2 is 1.77 bits per heavy atom. The molecule has 0 aliphatic carbocycles.